The molecule has 0 saturated heterocycles. The highest BCUT2D eigenvalue weighted by molar-refractivity contribution is 6.09. The molecule has 4 bridgehead atoms. The van der Waals surface area contributed by atoms with Crippen LogP contribution < -0.4 is 4.74 Å². The van der Waals surface area contributed by atoms with Crippen LogP contribution in [0.2, 0.25) is 0 Å². The lowest BCUT2D eigenvalue weighted by Gasteiger charge is -2.62. The number of para-hydroxylation sites is 2. The van der Waals surface area contributed by atoms with Crippen LogP contribution >= 0.6 is 0 Å². The number of aromatic nitrogens is 4. The van der Waals surface area contributed by atoms with Gasteiger partial charge in [0.1, 0.15) is 23.1 Å². The molecule has 5 heteroatoms. The molecule has 0 atom stereocenters. The monoisotopic (exact) mass is 730 g/mol. The average Bonchev–Trinajstić information content (AvgIpc) is 3.84. The fraction of sp³-hybridized carbons (Fsp3) is 0.255. The van der Waals surface area contributed by atoms with E-state index in [1.54, 1.807) is 0 Å². The maximum Gasteiger partial charge on any atom is 0.144 e. The number of hydrogen-bond acceptors (Lipinski definition) is 3. The number of ether oxygens (including phenoxy) is 1. The van der Waals surface area contributed by atoms with Crippen LogP contribution in [0.3, 0.4) is 0 Å². The van der Waals surface area contributed by atoms with Crippen LogP contribution in [0.15, 0.2) is 140 Å². The molecule has 4 aliphatic rings. The standard InChI is InChI=1S/C51H46N4O/c1-32-22-39(23-33(2)34(32)3)51(40-25-35-24-36(27-40)28-41(51)26-35)38-18-19-52-49(30-38)55-47-15-8-7-14-45(47)46-17-16-44(31-48(46)55)56-43-13-9-10-37(29-43)50-53-20-21-54(50)42-11-5-4-6-12-42/h4-23,29-31,35-36,40-41H,24-28H2,1-3H3. The summed E-state index contributed by atoms with van der Waals surface area (Å²) in [6.07, 6.45) is 12.7. The van der Waals surface area contributed by atoms with Crippen LogP contribution in [-0.4, -0.2) is 19.1 Å². The van der Waals surface area contributed by atoms with Gasteiger partial charge in [0.15, 0.2) is 0 Å². The smallest absolute Gasteiger partial charge is 0.144 e. The van der Waals surface area contributed by atoms with Gasteiger partial charge in [-0.25, -0.2) is 9.97 Å². The summed E-state index contributed by atoms with van der Waals surface area (Å²) in [5.41, 5.74) is 11.5. The van der Waals surface area contributed by atoms with E-state index in [1.165, 1.54) is 70.7 Å². The largest absolute Gasteiger partial charge is 0.457 e. The average molecular weight is 731 g/mol. The zero-order chi connectivity index (χ0) is 37.5. The first-order chi connectivity index (χ1) is 27.4. The van der Waals surface area contributed by atoms with E-state index in [0.29, 0.717) is 11.8 Å². The van der Waals surface area contributed by atoms with Crippen LogP contribution in [-0.2, 0) is 5.41 Å². The Labute approximate surface area is 328 Å². The zero-order valence-corrected chi connectivity index (χ0v) is 32.3. The molecule has 5 aromatic carbocycles. The van der Waals surface area contributed by atoms with Gasteiger partial charge in [-0.3, -0.25) is 9.13 Å². The van der Waals surface area contributed by atoms with Gasteiger partial charge in [-0.2, -0.15) is 0 Å². The van der Waals surface area contributed by atoms with Gasteiger partial charge in [0, 0.05) is 52.1 Å². The first-order valence-electron chi connectivity index (χ1n) is 20.4. The van der Waals surface area contributed by atoms with Crippen molar-refractivity contribution in [3.8, 4) is 34.4 Å². The summed E-state index contributed by atoms with van der Waals surface area (Å²) in [5, 5.41) is 2.40. The number of imidazole rings is 1. The zero-order valence-electron chi connectivity index (χ0n) is 32.3. The predicted octanol–water partition coefficient (Wildman–Crippen LogP) is 12.5. The van der Waals surface area contributed by atoms with Gasteiger partial charge in [0.25, 0.3) is 0 Å². The van der Waals surface area contributed by atoms with Crippen molar-refractivity contribution in [1.29, 1.82) is 0 Å². The molecule has 4 aliphatic carbocycles. The topological polar surface area (TPSA) is 44.9 Å². The molecule has 0 aliphatic heterocycles. The molecule has 0 radical (unpaired) electrons. The summed E-state index contributed by atoms with van der Waals surface area (Å²) < 4.78 is 11.2. The summed E-state index contributed by atoms with van der Waals surface area (Å²) >= 11 is 0. The quantitative estimate of drug-likeness (QED) is 0.164. The van der Waals surface area contributed by atoms with E-state index in [2.05, 4.69) is 127 Å². The van der Waals surface area contributed by atoms with Crippen molar-refractivity contribution in [2.24, 2.45) is 23.7 Å². The second-order valence-electron chi connectivity index (χ2n) is 16.9. The Morgan fingerprint density at radius 2 is 1.30 bits per heavy atom. The summed E-state index contributed by atoms with van der Waals surface area (Å²) in [7, 11) is 0. The van der Waals surface area contributed by atoms with E-state index in [1.807, 2.05) is 42.7 Å². The van der Waals surface area contributed by atoms with Gasteiger partial charge in [-0.15, -0.1) is 0 Å². The Balaban J connectivity index is 1.02. The van der Waals surface area contributed by atoms with Crippen LogP contribution in [0.1, 0.15) is 59.9 Å². The normalized spacial score (nSPS) is 22.6. The Kier molecular flexibility index (Phi) is 7.64. The molecule has 0 unspecified atom stereocenters. The fourth-order valence-corrected chi connectivity index (χ4v) is 11.5. The summed E-state index contributed by atoms with van der Waals surface area (Å²) in [6, 6.07) is 43.6. The van der Waals surface area contributed by atoms with E-state index in [-0.39, 0.29) is 5.41 Å². The Morgan fingerprint density at radius 3 is 2.09 bits per heavy atom. The first-order valence-corrected chi connectivity index (χ1v) is 20.4. The van der Waals surface area contributed by atoms with Crippen LogP contribution in [0.4, 0.5) is 0 Å². The lowest BCUT2D eigenvalue weighted by atomic mass is 9.42. The number of hydrogen-bond donors (Lipinski definition) is 0. The highest BCUT2D eigenvalue weighted by Crippen LogP contribution is 2.65. The number of nitrogens with zero attached hydrogens (tertiary/aromatic N) is 4. The highest BCUT2D eigenvalue weighted by Gasteiger charge is 2.58. The molecule has 12 rings (SSSR count). The van der Waals surface area contributed by atoms with Gasteiger partial charge < -0.3 is 4.74 Å². The third kappa shape index (κ3) is 5.13. The molecule has 0 spiro atoms. The number of aryl methyl sites for hydroxylation is 2. The number of rotatable bonds is 7. The van der Waals surface area contributed by atoms with E-state index in [9.17, 15) is 0 Å². The van der Waals surface area contributed by atoms with E-state index in [0.717, 1.165) is 57.3 Å². The minimum Gasteiger partial charge on any atom is -0.457 e. The fourth-order valence-electron chi connectivity index (χ4n) is 11.5. The molecular weight excluding hydrogens is 685 g/mol. The van der Waals surface area contributed by atoms with Gasteiger partial charge in [0.05, 0.1) is 11.0 Å². The summed E-state index contributed by atoms with van der Waals surface area (Å²) in [6.45, 7) is 6.89. The highest BCUT2D eigenvalue weighted by atomic mass is 16.5. The number of benzene rings is 5. The Bertz CT molecular complexity index is 2740. The molecule has 4 fully saturated rings. The first kappa shape index (κ1) is 33.4. The lowest BCUT2D eigenvalue weighted by Crippen LogP contribution is -2.56. The SMILES string of the molecule is Cc1cc(C2(c3ccnc(-n4c5ccccc5c5ccc(Oc6cccc(-c7nccn7-c7ccccc7)c6)cc54)c3)C3CC4CC(C3)CC2C4)cc(C)c1C. The minimum absolute atomic E-state index is 0.0123. The molecular formula is C51H46N4O. The van der Waals surface area contributed by atoms with Gasteiger partial charge in [0.2, 0.25) is 0 Å². The molecule has 0 amide bonds. The van der Waals surface area contributed by atoms with Crippen LogP contribution in [0, 0.1) is 44.4 Å². The maximum absolute atomic E-state index is 6.68. The van der Waals surface area contributed by atoms with Gasteiger partial charge in [-0.1, -0.05) is 60.7 Å². The summed E-state index contributed by atoms with van der Waals surface area (Å²) in [5.74, 6) is 6.43. The van der Waals surface area contributed by atoms with Gasteiger partial charge in [-0.05, 0) is 159 Å². The van der Waals surface area contributed by atoms with E-state index < -0.39 is 0 Å². The Hall–Kier alpha value is -5.94. The van der Waals surface area contributed by atoms with Crippen molar-refractivity contribution in [1.82, 2.24) is 19.1 Å². The molecule has 3 heterocycles. The maximum atomic E-state index is 6.68. The van der Waals surface area contributed by atoms with Crippen molar-refractivity contribution >= 4 is 21.8 Å². The molecule has 3 aromatic heterocycles. The van der Waals surface area contributed by atoms with E-state index >= 15 is 0 Å². The van der Waals surface area contributed by atoms with Crippen LogP contribution in [0.5, 0.6) is 11.5 Å². The molecule has 8 aromatic rings. The minimum atomic E-state index is -0.0123. The second kappa shape index (κ2) is 12.8. The third-order valence-corrected chi connectivity index (χ3v) is 13.9. The van der Waals surface area contributed by atoms with Crippen molar-refractivity contribution < 1.29 is 4.74 Å². The van der Waals surface area contributed by atoms with Crippen molar-refractivity contribution in [3.05, 3.63) is 168 Å². The molecule has 4 saturated carbocycles. The predicted molar refractivity (Wildman–Crippen MR) is 226 cm³/mol. The van der Waals surface area contributed by atoms with E-state index in [4.69, 9.17) is 14.7 Å². The molecule has 276 valence electrons. The second-order valence-corrected chi connectivity index (χ2v) is 16.9. The molecule has 0 N–H and O–H groups in total. The van der Waals surface area contributed by atoms with Crippen LogP contribution in [0.25, 0.3) is 44.7 Å². The lowest BCUT2D eigenvalue weighted by molar-refractivity contribution is -0.0419. The molecule has 56 heavy (non-hydrogen) atoms. The molecule has 5 nitrogen and oxygen atoms in total. The number of fused-ring (bicyclic) bond motifs is 3. The van der Waals surface area contributed by atoms with Gasteiger partial charge >= 0.3 is 0 Å². The van der Waals surface area contributed by atoms with Crippen molar-refractivity contribution in [3.63, 3.8) is 0 Å². The number of pyridine rings is 1. The van der Waals surface area contributed by atoms with Crippen molar-refractivity contribution in [2.75, 3.05) is 0 Å². The summed E-state index contributed by atoms with van der Waals surface area (Å²) in [4.78, 5) is 9.89. The Morgan fingerprint density at radius 1 is 0.589 bits per heavy atom. The van der Waals surface area contributed by atoms with Crippen molar-refractivity contribution in [2.45, 2.75) is 58.3 Å². The third-order valence-electron chi connectivity index (χ3n) is 13.9.